The van der Waals surface area contributed by atoms with Crippen LogP contribution in [-0.4, -0.2) is 20.8 Å². The zero-order valence-corrected chi connectivity index (χ0v) is 8.95. The van der Waals surface area contributed by atoms with E-state index in [-0.39, 0.29) is 6.04 Å². The van der Waals surface area contributed by atoms with Crippen molar-refractivity contribution in [2.24, 2.45) is 0 Å². The fraction of sp³-hybridized carbons (Fsp3) is 0.455. The van der Waals surface area contributed by atoms with Crippen LogP contribution in [0.25, 0.3) is 0 Å². The molecule has 1 aliphatic rings. The molecule has 82 valence electrons. The Hall–Kier alpha value is -1.26. The molecular weight excluding hydrogens is 194 g/mol. The first-order chi connectivity index (χ1) is 7.35. The van der Waals surface area contributed by atoms with Gasteiger partial charge in [-0.3, -0.25) is 0 Å². The predicted octanol–water partition coefficient (Wildman–Crippen LogP) is 1.67. The van der Waals surface area contributed by atoms with Crippen molar-refractivity contribution < 1.29 is 14.3 Å². The van der Waals surface area contributed by atoms with Crippen LogP contribution in [0.5, 0.6) is 11.5 Å². The Morgan fingerprint density at radius 3 is 3.00 bits per heavy atom. The minimum atomic E-state index is 0.199. The topological polar surface area (TPSA) is 39.7 Å². The van der Waals surface area contributed by atoms with Crippen LogP contribution >= 0.6 is 0 Å². The molecule has 0 saturated heterocycles. The van der Waals surface area contributed by atoms with Gasteiger partial charge in [0.15, 0.2) is 0 Å². The van der Waals surface area contributed by atoms with Gasteiger partial charge in [-0.2, -0.15) is 5.48 Å². The number of hydrogen-bond donors (Lipinski definition) is 1. The number of rotatable bonds is 3. The third-order valence-corrected chi connectivity index (χ3v) is 2.52. The van der Waals surface area contributed by atoms with E-state index in [2.05, 4.69) is 5.48 Å². The van der Waals surface area contributed by atoms with Crippen molar-refractivity contribution in [1.29, 1.82) is 0 Å². The number of hydroxylamine groups is 1. The van der Waals surface area contributed by atoms with E-state index < -0.39 is 0 Å². The summed E-state index contributed by atoms with van der Waals surface area (Å²) in [5.41, 5.74) is 4.07. The second-order valence-electron chi connectivity index (χ2n) is 3.42. The van der Waals surface area contributed by atoms with Gasteiger partial charge in [0.25, 0.3) is 0 Å². The monoisotopic (exact) mass is 209 g/mol. The molecule has 0 bridgehead atoms. The maximum atomic E-state index is 5.57. The quantitative estimate of drug-likeness (QED) is 0.769. The van der Waals surface area contributed by atoms with Crippen LogP contribution in [0.4, 0.5) is 0 Å². The molecule has 15 heavy (non-hydrogen) atoms. The highest BCUT2D eigenvalue weighted by Crippen LogP contribution is 2.34. The van der Waals surface area contributed by atoms with E-state index in [0.29, 0.717) is 6.61 Å². The molecule has 1 N–H and O–H groups in total. The fourth-order valence-electron chi connectivity index (χ4n) is 1.76. The highest BCUT2D eigenvalue weighted by molar-refractivity contribution is 5.43. The van der Waals surface area contributed by atoms with E-state index in [4.69, 9.17) is 14.3 Å². The summed E-state index contributed by atoms with van der Waals surface area (Å²) in [5.74, 6) is 1.68. The molecule has 0 saturated carbocycles. The molecule has 0 spiro atoms. The number of benzene rings is 1. The van der Waals surface area contributed by atoms with Crippen LogP contribution in [0.1, 0.15) is 18.0 Å². The van der Waals surface area contributed by atoms with Gasteiger partial charge in [-0.15, -0.1) is 0 Å². The zero-order chi connectivity index (χ0) is 10.7. The number of hydrogen-bond acceptors (Lipinski definition) is 4. The minimum absolute atomic E-state index is 0.199. The summed E-state index contributed by atoms with van der Waals surface area (Å²) < 4.78 is 10.7. The zero-order valence-electron chi connectivity index (χ0n) is 8.95. The van der Waals surface area contributed by atoms with Crippen molar-refractivity contribution >= 4 is 0 Å². The largest absolute Gasteiger partial charge is 0.497 e. The van der Waals surface area contributed by atoms with E-state index in [1.807, 2.05) is 18.2 Å². The molecule has 0 amide bonds. The summed E-state index contributed by atoms with van der Waals surface area (Å²) in [4.78, 5) is 4.96. The standard InChI is InChI=1S/C11H15NO3/c1-13-8-3-4-9-10(12-14-2)5-6-15-11(9)7-8/h3-4,7,10,12H,5-6H2,1-2H3. The molecular formula is C11H15NO3. The van der Waals surface area contributed by atoms with E-state index in [9.17, 15) is 0 Å². The molecule has 4 heteroatoms. The molecule has 2 rings (SSSR count). The van der Waals surface area contributed by atoms with E-state index in [0.717, 1.165) is 23.5 Å². The van der Waals surface area contributed by atoms with Crippen LogP contribution in [-0.2, 0) is 4.84 Å². The van der Waals surface area contributed by atoms with Gasteiger partial charge in [-0.25, -0.2) is 0 Å². The number of methoxy groups -OCH3 is 1. The molecule has 1 unspecified atom stereocenters. The first-order valence-corrected chi connectivity index (χ1v) is 4.94. The van der Waals surface area contributed by atoms with Crippen LogP contribution in [0, 0.1) is 0 Å². The van der Waals surface area contributed by atoms with Gasteiger partial charge >= 0.3 is 0 Å². The Kier molecular flexibility index (Phi) is 3.08. The molecule has 0 aliphatic carbocycles. The van der Waals surface area contributed by atoms with E-state index in [1.54, 1.807) is 14.2 Å². The minimum Gasteiger partial charge on any atom is -0.497 e. The highest BCUT2D eigenvalue weighted by atomic mass is 16.6. The molecule has 4 nitrogen and oxygen atoms in total. The van der Waals surface area contributed by atoms with Gasteiger partial charge in [0.2, 0.25) is 0 Å². The molecule has 1 aromatic rings. The van der Waals surface area contributed by atoms with Crippen molar-refractivity contribution in [3.63, 3.8) is 0 Å². The van der Waals surface area contributed by atoms with Crippen LogP contribution < -0.4 is 15.0 Å². The first-order valence-electron chi connectivity index (χ1n) is 4.94. The summed E-state index contributed by atoms with van der Waals surface area (Å²) >= 11 is 0. The summed E-state index contributed by atoms with van der Waals surface area (Å²) in [6, 6.07) is 6.03. The van der Waals surface area contributed by atoms with Gasteiger partial charge in [-0.05, 0) is 12.1 Å². The molecule has 0 aromatic heterocycles. The normalized spacial score (nSPS) is 19.2. The van der Waals surface area contributed by atoms with Crippen molar-refractivity contribution in [3.8, 4) is 11.5 Å². The summed E-state index contributed by atoms with van der Waals surface area (Å²) in [6.07, 6.45) is 0.910. The maximum Gasteiger partial charge on any atom is 0.127 e. The Morgan fingerprint density at radius 2 is 2.27 bits per heavy atom. The van der Waals surface area contributed by atoms with Gasteiger partial charge in [0.05, 0.1) is 26.9 Å². The Balaban J connectivity index is 2.28. The smallest absolute Gasteiger partial charge is 0.127 e. The molecule has 1 atom stereocenters. The average molecular weight is 209 g/mol. The summed E-state index contributed by atoms with van der Waals surface area (Å²) in [6.45, 7) is 0.696. The number of ether oxygens (including phenoxy) is 2. The van der Waals surface area contributed by atoms with Crippen molar-refractivity contribution in [2.45, 2.75) is 12.5 Å². The Labute approximate surface area is 89.1 Å². The van der Waals surface area contributed by atoms with Crippen molar-refractivity contribution in [1.82, 2.24) is 5.48 Å². The third-order valence-electron chi connectivity index (χ3n) is 2.52. The second-order valence-corrected chi connectivity index (χ2v) is 3.42. The molecule has 0 fully saturated rings. The SMILES string of the molecule is CONC1CCOc2cc(OC)ccc21. The van der Waals surface area contributed by atoms with Crippen LogP contribution in [0.2, 0.25) is 0 Å². The molecule has 1 aliphatic heterocycles. The van der Waals surface area contributed by atoms with Crippen molar-refractivity contribution in [3.05, 3.63) is 23.8 Å². The van der Waals surface area contributed by atoms with E-state index in [1.165, 1.54) is 0 Å². The number of nitrogens with one attached hydrogen (secondary N) is 1. The fourth-order valence-corrected chi connectivity index (χ4v) is 1.76. The van der Waals surface area contributed by atoms with Gasteiger partial charge in [0.1, 0.15) is 11.5 Å². The maximum absolute atomic E-state index is 5.57. The highest BCUT2D eigenvalue weighted by Gasteiger charge is 2.21. The molecule has 1 heterocycles. The Morgan fingerprint density at radius 1 is 1.40 bits per heavy atom. The first kappa shape index (κ1) is 10.3. The molecule has 0 radical (unpaired) electrons. The lowest BCUT2D eigenvalue weighted by Gasteiger charge is -2.26. The second kappa shape index (κ2) is 4.51. The van der Waals surface area contributed by atoms with Crippen LogP contribution in [0.3, 0.4) is 0 Å². The van der Waals surface area contributed by atoms with E-state index >= 15 is 0 Å². The lowest BCUT2D eigenvalue weighted by molar-refractivity contribution is 0.0462. The lowest BCUT2D eigenvalue weighted by atomic mass is 10.0. The summed E-state index contributed by atoms with van der Waals surface area (Å²) in [7, 11) is 3.27. The predicted molar refractivity (Wildman–Crippen MR) is 56.0 cm³/mol. The lowest BCUT2D eigenvalue weighted by Crippen LogP contribution is -2.26. The average Bonchev–Trinajstić information content (AvgIpc) is 2.29. The summed E-state index contributed by atoms with van der Waals surface area (Å²) in [5, 5.41) is 0. The number of fused-ring (bicyclic) bond motifs is 1. The van der Waals surface area contributed by atoms with Gasteiger partial charge in [0, 0.05) is 18.1 Å². The third kappa shape index (κ3) is 2.06. The molecule has 1 aromatic carbocycles. The van der Waals surface area contributed by atoms with Crippen molar-refractivity contribution in [2.75, 3.05) is 20.8 Å². The van der Waals surface area contributed by atoms with Gasteiger partial charge < -0.3 is 14.3 Å². The van der Waals surface area contributed by atoms with Crippen LogP contribution in [0.15, 0.2) is 18.2 Å². The van der Waals surface area contributed by atoms with Gasteiger partial charge in [-0.1, -0.05) is 0 Å². The Bertz CT molecular complexity index is 341.